The summed E-state index contributed by atoms with van der Waals surface area (Å²) in [6.45, 7) is 6.45. The molecule has 1 aromatic rings. The molecule has 2 atom stereocenters. The molecule has 0 spiro atoms. The third-order valence-corrected chi connectivity index (χ3v) is 4.39. The summed E-state index contributed by atoms with van der Waals surface area (Å²) < 4.78 is 0. The summed E-state index contributed by atoms with van der Waals surface area (Å²) in [5.41, 5.74) is 7.62. The number of hydrogen-bond acceptors (Lipinski definition) is 4. The number of carbonyl (C=O) groups is 2. The van der Waals surface area contributed by atoms with Gasteiger partial charge in [-0.2, -0.15) is 0 Å². The van der Waals surface area contributed by atoms with E-state index in [-0.39, 0.29) is 17.9 Å². The second-order valence-corrected chi connectivity index (χ2v) is 5.80. The third-order valence-electron chi connectivity index (χ3n) is 4.39. The second-order valence-electron chi connectivity index (χ2n) is 5.80. The quantitative estimate of drug-likeness (QED) is 0.842. The zero-order chi connectivity index (χ0) is 17.0. The molecule has 126 valence electrons. The third kappa shape index (κ3) is 3.64. The highest BCUT2D eigenvalue weighted by Gasteiger charge is 2.37. The van der Waals surface area contributed by atoms with E-state index in [9.17, 15) is 9.59 Å². The number of carbonyl (C=O) groups excluding carboxylic acids is 2. The number of benzene rings is 1. The van der Waals surface area contributed by atoms with Crippen LogP contribution in [0.4, 0.5) is 5.69 Å². The fourth-order valence-electron chi connectivity index (χ4n) is 3.08. The maximum absolute atomic E-state index is 12.7. The number of amides is 2. The SMILES string of the molecule is CCN(CC)c1ccc(C(=O)N2CC(N)CC2C(=O)NC)cc1. The Labute approximate surface area is 137 Å². The standard InChI is InChI=1S/C17H26N4O2/c1-4-20(5-2)14-8-6-12(7-9-14)17(23)21-11-13(18)10-15(21)16(22)19-3/h6-9,13,15H,4-5,10-11,18H2,1-3H3,(H,19,22). The minimum Gasteiger partial charge on any atom is -0.372 e. The van der Waals surface area contributed by atoms with Gasteiger partial charge in [-0.15, -0.1) is 0 Å². The summed E-state index contributed by atoms with van der Waals surface area (Å²) in [7, 11) is 1.58. The van der Waals surface area contributed by atoms with Crippen LogP contribution in [0.3, 0.4) is 0 Å². The van der Waals surface area contributed by atoms with E-state index in [2.05, 4.69) is 24.1 Å². The van der Waals surface area contributed by atoms with Crippen LogP contribution < -0.4 is 16.0 Å². The molecule has 2 unspecified atom stereocenters. The number of likely N-dealkylation sites (N-methyl/N-ethyl adjacent to an activating group) is 1. The van der Waals surface area contributed by atoms with Gasteiger partial charge in [-0.3, -0.25) is 9.59 Å². The Morgan fingerprint density at radius 1 is 1.26 bits per heavy atom. The van der Waals surface area contributed by atoms with Crippen molar-refractivity contribution in [3.63, 3.8) is 0 Å². The van der Waals surface area contributed by atoms with Gasteiger partial charge >= 0.3 is 0 Å². The smallest absolute Gasteiger partial charge is 0.254 e. The zero-order valence-corrected chi connectivity index (χ0v) is 14.1. The Hall–Kier alpha value is -2.08. The lowest BCUT2D eigenvalue weighted by molar-refractivity contribution is -0.124. The van der Waals surface area contributed by atoms with Crippen LogP contribution in [0.5, 0.6) is 0 Å². The Morgan fingerprint density at radius 3 is 2.39 bits per heavy atom. The van der Waals surface area contributed by atoms with Gasteiger partial charge in [-0.25, -0.2) is 0 Å². The molecular formula is C17H26N4O2. The highest BCUT2D eigenvalue weighted by Crippen LogP contribution is 2.21. The van der Waals surface area contributed by atoms with Crippen molar-refractivity contribution in [2.45, 2.75) is 32.4 Å². The molecule has 6 heteroatoms. The van der Waals surface area contributed by atoms with Gasteiger partial charge in [0.1, 0.15) is 6.04 Å². The Bertz CT molecular complexity index is 554. The lowest BCUT2D eigenvalue weighted by Gasteiger charge is -2.24. The van der Waals surface area contributed by atoms with Crippen LogP contribution >= 0.6 is 0 Å². The monoisotopic (exact) mass is 318 g/mol. The number of anilines is 1. The number of likely N-dealkylation sites (tertiary alicyclic amines) is 1. The molecule has 0 aromatic heterocycles. The minimum atomic E-state index is -0.482. The lowest BCUT2D eigenvalue weighted by Crippen LogP contribution is -2.45. The molecule has 6 nitrogen and oxygen atoms in total. The van der Waals surface area contributed by atoms with E-state index >= 15 is 0 Å². The predicted molar refractivity (Wildman–Crippen MR) is 91.5 cm³/mol. The molecular weight excluding hydrogens is 292 g/mol. The Morgan fingerprint density at radius 2 is 1.87 bits per heavy atom. The molecule has 1 fully saturated rings. The first-order valence-electron chi connectivity index (χ1n) is 8.14. The van der Waals surface area contributed by atoms with Crippen LogP contribution in [0.1, 0.15) is 30.6 Å². The average Bonchev–Trinajstić information content (AvgIpc) is 2.97. The predicted octanol–water partition coefficient (Wildman–Crippen LogP) is 0.821. The molecule has 23 heavy (non-hydrogen) atoms. The van der Waals surface area contributed by atoms with E-state index in [4.69, 9.17) is 5.73 Å². The van der Waals surface area contributed by atoms with Crippen molar-refractivity contribution in [2.24, 2.45) is 5.73 Å². The number of rotatable bonds is 5. The van der Waals surface area contributed by atoms with Crippen LogP contribution in [0, 0.1) is 0 Å². The van der Waals surface area contributed by atoms with E-state index in [0.29, 0.717) is 18.5 Å². The molecule has 0 saturated carbocycles. The van der Waals surface area contributed by atoms with Gasteiger partial charge in [-0.05, 0) is 44.5 Å². The molecule has 2 rings (SSSR count). The maximum Gasteiger partial charge on any atom is 0.254 e. The summed E-state index contributed by atoms with van der Waals surface area (Å²) in [5, 5.41) is 2.61. The topological polar surface area (TPSA) is 78.7 Å². The second kappa shape index (κ2) is 7.46. The molecule has 2 amide bonds. The van der Waals surface area contributed by atoms with Crippen LogP contribution in [0.25, 0.3) is 0 Å². The van der Waals surface area contributed by atoms with Crippen molar-refractivity contribution >= 4 is 17.5 Å². The van der Waals surface area contributed by atoms with Gasteiger partial charge in [-0.1, -0.05) is 0 Å². The van der Waals surface area contributed by atoms with E-state index in [1.807, 2.05) is 24.3 Å². The van der Waals surface area contributed by atoms with Crippen LogP contribution in [0.2, 0.25) is 0 Å². The number of hydrogen-bond donors (Lipinski definition) is 2. The van der Waals surface area contributed by atoms with Crippen LogP contribution in [-0.2, 0) is 4.79 Å². The molecule has 1 aliphatic rings. The first-order valence-corrected chi connectivity index (χ1v) is 8.14. The highest BCUT2D eigenvalue weighted by molar-refractivity contribution is 5.98. The fraction of sp³-hybridized carbons (Fsp3) is 0.529. The van der Waals surface area contributed by atoms with E-state index in [1.54, 1.807) is 11.9 Å². The maximum atomic E-state index is 12.7. The molecule has 1 saturated heterocycles. The first-order chi connectivity index (χ1) is 11.0. The zero-order valence-electron chi connectivity index (χ0n) is 14.1. The largest absolute Gasteiger partial charge is 0.372 e. The molecule has 0 aliphatic carbocycles. The highest BCUT2D eigenvalue weighted by atomic mass is 16.2. The molecule has 3 N–H and O–H groups in total. The molecule has 0 radical (unpaired) electrons. The summed E-state index contributed by atoms with van der Waals surface area (Å²) in [4.78, 5) is 28.5. The van der Waals surface area contributed by atoms with E-state index in [0.717, 1.165) is 18.8 Å². The summed E-state index contributed by atoms with van der Waals surface area (Å²) >= 11 is 0. The summed E-state index contributed by atoms with van der Waals surface area (Å²) in [6.07, 6.45) is 0.503. The van der Waals surface area contributed by atoms with Crippen molar-refractivity contribution in [1.82, 2.24) is 10.2 Å². The number of nitrogens with one attached hydrogen (secondary N) is 1. The number of nitrogens with two attached hydrogens (primary N) is 1. The van der Waals surface area contributed by atoms with Crippen LogP contribution in [-0.4, -0.2) is 55.5 Å². The first kappa shape index (κ1) is 17.3. The van der Waals surface area contributed by atoms with Crippen molar-refractivity contribution < 1.29 is 9.59 Å². The normalized spacial score (nSPS) is 20.4. The van der Waals surface area contributed by atoms with Gasteiger partial charge in [0, 0.05) is 44.0 Å². The minimum absolute atomic E-state index is 0.141. The van der Waals surface area contributed by atoms with Gasteiger partial charge in [0.25, 0.3) is 5.91 Å². The summed E-state index contributed by atoms with van der Waals surface area (Å²) in [6, 6.07) is 6.90. The van der Waals surface area contributed by atoms with Crippen LogP contribution in [0.15, 0.2) is 24.3 Å². The Balaban J connectivity index is 2.17. The summed E-state index contributed by atoms with van der Waals surface area (Å²) in [5.74, 6) is -0.302. The Kier molecular flexibility index (Phi) is 5.60. The molecule has 0 bridgehead atoms. The van der Waals surface area contributed by atoms with Gasteiger partial charge in [0.2, 0.25) is 5.91 Å². The van der Waals surface area contributed by atoms with Crippen molar-refractivity contribution in [3.8, 4) is 0 Å². The number of nitrogens with zero attached hydrogens (tertiary/aromatic N) is 2. The van der Waals surface area contributed by atoms with Crippen molar-refractivity contribution in [2.75, 3.05) is 31.6 Å². The van der Waals surface area contributed by atoms with E-state index < -0.39 is 6.04 Å². The van der Waals surface area contributed by atoms with Gasteiger partial charge in [0.05, 0.1) is 0 Å². The van der Waals surface area contributed by atoms with Crippen molar-refractivity contribution in [1.29, 1.82) is 0 Å². The van der Waals surface area contributed by atoms with Gasteiger partial charge < -0.3 is 20.9 Å². The van der Waals surface area contributed by atoms with Gasteiger partial charge in [0.15, 0.2) is 0 Å². The van der Waals surface area contributed by atoms with E-state index in [1.165, 1.54) is 0 Å². The molecule has 1 aliphatic heterocycles. The molecule has 1 heterocycles. The molecule has 1 aromatic carbocycles. The average molecular weight is 318 g/mol. The fourth-order valence-corrected chi connectivity index (χ4v) is 3.08. The lowest BCUT2D eigenvalue weighted by atomic mass is 10.1. The van der Waals surface area contributed by atoms with Crippen molar-refractivity contribution in [3.05, 3.63) is 29.8 Å².